The Bertz CT molecular complexity index is 1810. The Kier molecular flexibility index (Phi) is 66.8. The van der Waals surface area contributed by atoms with Gasteiger partial charge in [-0.2, -0.15) is 0 Å². The van der Waals surface area contributed by atoms with E-state index in [-0.39, 0.29) is 25.7 Å². The molecule has 0 saturated heterocycles. The Balaban J connectivity index is 5.21. The third-order valence-corrected chi connectivity index (χ3v) is 19.4. The van der Waals surface area contributed by atoms with Gasteiger partial charge in [0, 0.05) is 25.7 Å². The molecule has 0 aliphatic rings. The van der Waals surface area contributed by atoms with E-state index in [0.29, 0.717) is 25.7 Å². The number of rotatable bonds is 75. The zero-order valence-electron chi connectivity index (χ0n) is 61.1. The molecule has 0 rings (SSSR count). The SMILES string of the molecule is CCCCCCCCCCCCCCCCCCC(=O)OC[C@H](COP(=O)(O)OC[C@@H](O)COP(=O)(O)OC[C@@H](COC(=O)CCCCCCCCCCC)OC(=O)CCCCCCCCCCCCC)OC(=O)CCCCCCCCCCCCCCCCCC(C)C. The molecule has 17 nitrogen and oxygen atoms in total. The first-order chi connectivity index (χ1) is 45.5. The lowest BCUT2D eigenvalue weighted by molar-refractivity contribution is -0.161. The van der Waals surface area contributed by atoms with E-state index in [1.165, 1.54) is 218 Å². The van der Waals surface area contributed by atoms with Gasteiger partial charge in [0.15, 0.2) is 12.2 Å². The molecule has 0 heterocycles. The molecule has 0 radical (unpaired) electrons. The molecule has 0 saturated carbocycles. The predicted octanol–water partition coefficient (Wildman–Crippen LogP) is 22.1. The van der Waals surface area contributed by atoms with Crippen LogP contribution in [0.2, 0.25) is 0 Å². The van der Waals surface area contributed by atoms with Gasteiger partial charge in [0.1, 0.15) is 19.3 Å². The van der Waals surface area contributed by atoms with Gasteiger partial charge >= 0.3 is 39.5 Å². The Morgan fingerprint density at radius 2 is 0.489 bits per heavy atom. The summed E-state index contributed by atoms with van der Waals surface area (Å²) in [5, 5.41) is 10.6. The van der Waals surface area contributed by atoms with Crippen LogP contribution in [0.4, 0.5) is 0 Å². The molecule has 0 amide bonds. The van der Waals surface area contributed by atoms with Gasteiger partial charge in [-0.25, -0.2) is 9.13 Å². The van der Waals surface area contributed by atoms with E-state index >= 15 is 0 Å². The third-order valence-electron chi connectivity index (χ3n) is 17.5. The lowest BCUT2D eigenvalue weighted by Gasteiger charge is -2.21. The molecule has 0 spiro atoms. The molecule has 0 aromatic rings. The lowest BCUT2D eigenvalue weighted by atomic mass is 10.0. The highest BCUT2D eigenvalue weighted by Crippen LogP contribution is 2.45. The second-order valence-electron chi connectivity index (χ2n) is 27.5. The first-order valence-corrected chi connectivity index (χ1v) is 42.1. The average molecular weight is 1380 g/mol. The fourth-order valence-corrected chi connectivity index (χ4v) is 13.1. The van der Waals surface area contributed by atoms with Crippen molar-refractivity contribution in [1.29, 1.82) is 0 Å². The molecule has 558 valence electrons. The summed E-state index contributed by atoms with van der Waals surface area (Å²) < 4.78 is 68.4. The first kappa shape index (κ1) is 92.1. The smallest absolute Gasteiger partial charge is 0.462 e. The molecule has 3 N–H and O–H groups in total. The van der Waals surface area contributed by atoms with E-state index in [1.807, 2.05) is 0 Å². The van der Waals surface area contributed by atoms with Gasteiger partial charge in [-0.1, -0.05) is 343 Å². The van der Waals surface area contributed by atoms with Crippen molar-refractivity contribution in [2.24, 2.45) is 5.92 Å². The van der Waals surface area contributed by atoms with E-state index < -0.39 is 97.5 Å². The van der Waals surface area contributed by atoms with E-state index in [1.54, 1.807) is 0 Å². The summed E-state index contributed by atoms with van der Waals surface area (Å²) in [6.45, 7) is 7.30. The van der Waals surface area contributed by atoms with E-state index in [0.717, 1.165) is 95.8 Å². The Morgan fingerprint density at radius 1 is 0.287 bits per heavy atom. The number of carbonyl (C=O) groups is 4. The van der Waals surface area contributed by atoms with Crippen LogP contribution in [0.1, 0.15) is 394 Å². The van der Waals surface area contributed by atoms with Crippen LogP contribution in [0, 0.1) is 5.92 Å². The molecule has 0 fully saturated rings. The summed E-state index contributed by atoms with van der Waals surface area (Å²) in [6, 6.07) is 0. The number of hydrogen-bond donors (Lipinski definition) is 3. The lowest BCUT2D eigenvalue weighted by Crippen LogP contribution is -2.30. The van der Waals surface area contributed by atoms with Gasteiger partial charge in [0.05, 0.1) is 26.4 Å². The van der Waals surface area contributed by atoms with Gasteiger partial charge in [0.25, 0.3) is 0 Å². The number of ether oxygens (including phenoxy) is 4. The number of aliphatic hydroxyl groups is 1. The van der Waals surface area contributed by atoms with Crippen LogP contribution in [-0.4, -0.2) is 96.7 Å². The molecular weight excluding hydrogens is 1230 g/mol. The van der Waals surface area contributed by atoms with Gasteiger partial charge in [-0.05, 0) is 31.6 Å². The normalized spacial score (nSPS) is 14.0. The summed E-state index contributed by atoms with van der Waals surface area (Å²) >= 11 is 0. The largest absolute Gasteiger partial charge is 0.472 e. The average Bonchev–Trinajstić information content (AvgIpc) is 1.21. The van der Waals surface area contributed by atoms with Crippen LogP contribution >= 0.6 is 15.6 Å². The van der Waals surface area contributed by atoms with Gasteiger partial charge < -0.3 is 33.8 Å². The number of aliphatic hydroxyl groups excluding tert-OH is 1. The van der Waals surface area contributed by atoms with Crippen molar-refractivity contribution in [2.45, 2.75) is 412 Å². The van der Waals surface area contributed by atoms with Crippen LogP contribution in [-0.2, 0) is 65.4 Å². The molecular formula is C75H146O17P2. The third kappa shape index (κ3) is 68.6. The van der Waals surface area contributed by atoms with Crippen molar-refractivity contribution < 1.29 is 80.2 Å². The molecule has 5 atom stereocenters. The summed E-state index contributed by atoms with van der Waals surface area (Å²) in [5.41, 5.74) is 0. The number of esters is 4. The summed E-state index contributed by atoms with van der Waals surface area (Å²) in [4.78, 5) is 72.7. The maximum absolute atomic E-state index is 13.1. The minimum absolute atomic E-state index is 0.107. The van der Waals surface area contributed by atoms with E-state index in [4.69, 9.17) is 37.0 Å². The number of carbonyl (C=O) groups excluding carboxylic acids is 4. The van der Waals surface area contributed by atoms with Crippen molar-refractivity contribution in [3.05, 3.63) is 0 Å². The topological polar surface area (TPSA) is 237 Å². The number of hydrogen-bond acceptors (Lipinski definition) is 15. The van der Waals surface area contributed by atoms with Gasteiger partial charge in [-0.3, -0.25) is 37.3 Å². The van der Waals surface area contributed by atoms with Crippen LogP contribution in [0.25, 0.3) is 0 Å². The van der Waals surface area contributed by atoms with E-state index in [9.17, 15) is 43.2 Å². The first-order valence-electron chi connectivity index (χ1n) is 39.1. The minimum atomic E-state index is -4.96. The second-order valence-corrected chi connectivity index (χ2v) is 30.4. The molecule has 19 heteroatoms. The number of unbranched alkanes of at least 4 members (excludes halogenated alkanes) is 47. The molecule has 0 bridgehead atoms. The Labute approximate surface area is 575 Å². The highest BCUT2D eigenvalue weighted by Gasteiger charge is 2.30. The van der Waals surface area contributed by atoms with Crippen LogP contribution in [0.3, 0.4) is 0 Å². The molecule has 2 unspecified atom stereocenters. The Hall–Kier alpha value is -1.94. The van der Waals surface area contributed by atoms with Crippen molar-refractivity contribution >= 4 is 39.5 Å². The fourth-order valence-electron chi connectivity index (χ4n) is 11.5. The monoisotopic (exact) mass is 1380 g/mol. The number of phosphoric ester groups is 2. The summed E-state index contributed by atoms with van der Waals surface area (Å²) in [6.07, 6.45) is 56.8. The molecule has 0 aliphatic heterocycles. The maximum Gasteiger partial charge on any atom is 0.472 e. The summed E-state index contributed by atoms with van der Waals surface area (Å²) in [5.74, 6) is -1.31. The van der Waals surface area contributed by atoms with Crippen LogP contribution in [0.5, 0.6) is 0 Å². The van der Waals surface area contributed by atoms with Crippen molar-refractivity contribution in [1.82, 2.24) is 0 Å². The minimum Gasteiger partial charge on any atom is -0.462 e. The second kappa shape index (κ2) is 68.2. The van der Waals surface area contributed by atoms with E-state index in [2.05, 4.69) is 34.6 Å². The fraction of sp³-hybridized carbons (Fsp3) is 0.947. The van der Waals surface area contributed by atoms with Crippen LogP contribution < -0.4 is 0 Å². The zero-order chi connectivity index (χ0) is 69.1. The van der Waals surface area contributed by atoms with Crippen molar-refractivity contribution in [3.8, 4) is 0 Å². The quantitative estimate of drug-likeness (QED) is 0.0222. The van der Waals surface area contributed by atoms with Gasteiger partial charge in [0.2, 0.25) is 0 Å². The highest BCUT2D eigenvalue weighted by atomic mass is 31.2. The maximum atomic E-state index is 13.1. The van der Waals surface area contributed by atoms with Crippen molar-refractivity contribution in [2.75, 3.05) is 39.6 Å². The van der Waals surface area contributed by atoms with Crippen molar-refractivity contribution in [3.63, 3.8) is 0 Å². The Morgan fingerprint density at radius 3 is 0.723 bits per heavy atom. The van der Waals surface area contributed by atoms with Crippen LogP contribution in [0.15, 0.2) is 0 Å². The molecule has 0 aliphatic carbocycles. The number of phosphoric acid groups is 2. The standard InChI is InChI=1S/C75H146O17P2/c1-6-9-12-15-18-21-23-24-25-28-31-35-39-44-49-54-59-73(78)86-65-71(92-75(80)61-56-51-46-41-36-32-29-26-27-30-34-38-42-47-52-57-68(4)5)67-90-94(83,84)88-63-69(76)62-87-93(81,82)89-66-70(64-85-72(77)58-53-48-43-37-20-17-14-11-8-3)91-74(79)60-55-50-45-40-33-22-19-16-13-10-7-2/h68-71,76H,6-67H2,1-5H3,(H,81,82)(H,83,84)/t69-,70+,71+/m0/s1. The molecule has 0 aromatic heterocycles. The predicted molar refractivity (Wildman–Crippen MR) is 382 cm³/mol. The zero-order valence-corrected chi connectivity index (χ0v) is 62.9. The van der Waals surface area contributed by atoms with Gasteiger partial charge in [-0.15, -0.1) is 0 Å². The molecule has 0 aromatic carbocycles. The summed E-state index contributed by atoms with van der Waals surface area (Å²) in [7, 11) is -9.90. The highest BCUT2D eigenvalue weighted by molar-refractivity contribution is 7.47. The molecule has 94 heavy (non-hydrogen) atoms.